The molecule has 1 heterocycles. The average Bonchev–Trinajstić information content (AvgIpc) is 2.59. The minimum Gasteiger partial charge on any atom is -0.394 e. The molecule has 0 saturated carbocycles. The van der Waals surface area contributed by atoms with Crippen LogP contribution in [-0.2, 0) is 6.42 Å². The first-order valence-electron chi connectivity index (χ1n) is 7.69. The molecule has 1 aromatic heterocycles. The lowest BCUT2D eigenvalue weighted by Gasteiger charge is -2.17. The SMILES string of the molecule is C[C@H](CO)n1ccc(=O)c2cc(Cc3cccc(Cl)c3F)ccc21. The summed E-state index contributed by atoms with van der Waals surface area (Å²) in [6.07, 6.45) is 2.04. The Balaban J connectivity index is 2.07. The number of fused-ring (bicyclic) bond motifs is 1. The van der Waals surface area contributed by atoms with Gasteiger partial charge in [-0.15, -0.1) is 0 Å². The Morgan fingerprint density at radius 3 is 2.79 bits per heavy atom. The summed E-state index contributed by atoms with van der Waals surface area (Å²) >= 11 is 5.82. The topological polar surface area (TPSA) is 42.2 Å². The minimum absolute atomic E-state index is 0.0204. The lowest BCUT2D eigenvalue weighted by atomic mass is 10.0. The van der Waals surface area contributed by atoms with Crippen molar-refractivity contribution < 1.29 is 9.50 Å². The van der Waals surface area contributed by atoms with Crippen LogP contribution in [0.3, 0.4) is 0 Å². The van der Waals surface area contributed by atoms with Crippen LogP contribution in [0.5, 0.6) is 0 Å². The van der Waals surface area contributed by atoms with Gasteiger partial charge in [0.25, 0.3) is 0 Å². The number of aliphatic hydroxyl groups excluding tert-OH is 1. The Bertz CT molecular complexity index is 952. The molecule has 5 heteroatoms. The molecule has 0 fully saturated rings. The van der Waals surface area contributed by atoms with Crippen molar-refractivity contribution in [1.82, 2.24) is 4.57 Å². The molecule has 0 saturated heterocycles. The first-order chi connectivity index (χ1) is 11.5. The molecule has 0 bridgehead atoms. The Hall–Kier alpha value is -2.17. The Morgan fingerprint density at radius 2 is 2.04 bits per heavy atom. The fraction of sp³-hybridized carbons (Fsp3) is 0.211. The Kier molecular flexibility index (Phi) is 4.69. The van der Waals surface area contributed by atoms with E-state index in [0.717, 1.165) is 11.1 Å². The highest BCUT2D eigenvalue weighted by atomic mass is 35.5. The number of nitrogens with zero attached hydrogens (tertiary/aromatic N) is 1. The highest BCUT2D eigenvalue weighted by molar-refractivity contribution is 6.30. The number of aromatic nitrogens is 1. The molecule has 1 atom stereocenters. The summed E-state index contributed by atoms with van der Waals surface area (Å²) in [5.74, 6) is -0.432. The third-order valence-corrected chi connectivity index (χ3v) is 4.45. The van der Waals surface area contributed by atoms with Crippen molar-refractivity contribution in [1.29, 1.82) is 0 Å². The molecular weight excluding hydrogens is 329 g/mol. The zero-order chi connectivity index (χ0) is 17.3. The van der Waals surface area contributed by atoms with Gasteiger partial charge in [0.15, 0.2) is 5.43 Å². The second kappa shape index (κ2) is 6.75. The van der Waals surface area contributed by atoms with Gasteiger partial charge in [-0.25, -0.2) is 4.39 Å². The van der Waals surface area contributed by atoms with Crippen molar-refractivity contribution in [2.45, 2.75) is 19.4 Å². The minimum atomic E-state index is -0.432. The Morgan fingerprint density at radius 1 is 1.25 bits per heavy atom. The summed E-state index contributed by atoms with van der Waals surface area (Å²) in [7, 11) is 0. The van der Waals surface area contributed by atoms with E-state index in [0.29, 0.717) is 17.4 Å². The third-order valence-electron chi connectivity index (χ3n) is 4.16. The first kappa shape index (κ1) is 16.7. The van der Waals surface area contributed by atoms with Gasteiger partial charge >= 0.3 is 0 Å². The van der Waals surface area contributed by atoms with Crippen LogP contribution in [0.2, 0.25) is 5.02 Å². The number of pyridine rings is 1. The molecule has 0 aliphatic rings. The summed E-state index contributed by atoms with van der Waals surface area (Å²) in [5.41, 5.74) is 1.97. The number of aliphatic hydroxyl groups is 1. The molecule has 3 nitrogen and oxygen atoms in total. The molecule has 0 aliphatic heterocycles. The monoisotopic (exact) mass is 345 g/mol. The number of benzene rings is 2. The van der Waals surface area contributed by atoms with Gasteiger partial charge in [-0.1, -0.05) is 29.8 Å². The van der Waals surface area contributed by atoms with Crippen LogP contribution in [-0.4, -0.2) is 16.3 Å². The lowest BCUT2D eigenvalue weighted by molar-refractivity contribution is 0.241. The van der Waals surface area contributed by atoms with Crippen LogP contribution in [0, 0.1) is 5.82 Å². The molecule has 2 aromatic carbocycles. The molecule has 0 unspecified atom stereocenters. The van der Waals surface area contributed by atoms with Gasteiger partial charge in [0.1, 0.15) is 5.82 Å². The molecule has 3 rings (SSSR count). The van der Waals surface area contributed by atoms with E-state index in [1.165, 1.54) is 12.1 Å². The molecule has 1 N–H and O–H groups in total. The third kappa shape index (κ3) is 3.07. The van der Waals surface area contributed by atoms with Crippen molar-refractivity contribution >= 4 is 22.5 Å². The van der Waals surface area contributed by atoms with Crippen LogP contribution in [0.4, 0.5) is 4.39 Å². The standard InChI is InChI=1S/C19H17ClFNO2/c1-12(11-23)22-8-7-18(24)15-10-13(5-6-17(15)22)9-14-3-2-4-16(20)19(14)21/h2-8,10,12,23H,9,11H2,1H3/t12-/m1/s1. The van der Waals surface area contributed by atoms with Crippen molar-refractivity contribution in [3.8, 4) is 0 Å². The molecule has 0 spiro atoms. The van der Waals surface area contributed by atoms with E-state index < -0.39 is 5.82 Å². The van der Waals surface area contributed by atoms with E-state index in [-0.39, 0.29) is 23.1 Å². The van der Waals surface area contributed by atoms with Gasteiger partial charge in [-0.3, -0.25) is 4.79 Å². The highest BCUT2D eigenvalue weighted by Crippen LogP contribution is 2.23. The van der Waals surface area contributed by atoms with E-state index >= 15 is 0 Å². The average molecular weight is 346 g/mol. The van der Waals surface area contributed by atoms with Crippen molar-refractivity contribution in [2.24, 2.45) is 0 Å². The van der Waals surface area contributed by atoms with Crippen LogP contribution in [0.15, 0.2) is 53.5 Å². The zero-order valence-corrected chi connectivity index (χ0v) is 13.9. The molecule has 24 heavy (non-hydrogen) atoms. The van der Waals surface area contributed by atoms with Gasteiger partial charge < -0.3 is 9.67 Å². The highest BCUT2D eigenvalue weighted by Gasteiger charge is 2.11. The maximum Gasteiger partial charge on any atom is 0.189 e. The summed E-state index contributed by atoms with van der Waals surface area (Å²) in [6.45, 7) is 1.85. The predicted octanol–water partition coefficient (Wildman–Crippen LogP) is 3.94. The molecule has 3 aromatic rings. The van der Waals surface area contributed by atoms with Gasteiger partial charge in [-0.05, 0) is 36.2 Å². The number of rotatable bonds is 4. The van der Waals surface area contributed by atoms with Gasteiger partial charge in [-0.2, -0.15) is 0 Å². The summed E-state index contributed by atoms with van der Waals surface area (Å²) in [5, 5.41) is 10.0. The normalized spacial score (nSPS) is 12.5. The summed E-state index contributed by atoms with van der Waals surface area (Å²) in [4.78, 5) is 12.2. The fourth-order valence-electron chi connectivity index (χ4n) is 2.81. The second-order valence-electron chi connectivity index (χ2n) is 5.86. The van der Waals surface area contributed by atoms with Crippen molar-refractivity contribution in [3.63, 3.8) is 0 Å². The number of hydrogen-bond donors (Lipinski definition) is 1. The van der Waals surface area contributed by atoms with Crippen molar-refractivity contribution in [3.05, 3.63) is 80.9 Å². The van der Waals surface area contributed by atoms with Gasteiger partial charge in [0.2, 0.25) is 0 Å². The van der Waals surface area contributed by atoms with Crippen molar-refractivity contribution in [2.75, 3.05) is 6.61 Å². The number of hydrogen-bond acceptors (Lipinski definition) is 2. The van der Waals surface area contributed by atoms with E-state index in [4.69, 9.17) is 11.6 Å². The molecule has 0 radical (unpaired) electrons. The quantitative estimate of drug-likeness (QED) is 0.778. The van der Waals surface area contributed by atoms with Crippen LogP contribution in [0.25, 0.3) is 10.9 Å². The molecule has 0 amide bonds. The van der Waals surface area contributed by atoms with E-state index in [9.17, 15) is 14.3 Å². The predicted molar refractivity (Wildman–Crippen MR) is 94.2 cm³/mol. The summed E-state index contributed by atoms with van der Waals surface area (Å²) < 4.78 is 15.9. The number of halogens is 2. The fourth-order valence-corrected chi connectivity index (χ4v) is 3.01. The second-order valence-corrected chi connectivity index (χ2v) is 6.27. The van der Waals surface area contributed by atoms with Crippen LogP contribution in [0.1, 0.15) is 24.1 Å². The maximum absolute atomic E-state index is 14.1. The largest absolute Gasteiger partial charge is 0.394 e. The first-order valence-corrected chi connectivity index (χ1v) is 8.06. The van der Waals surface area contributed by atoms with Crippen LogP contribution < -0.4 is 5.43 Å². The van der Waals surface area contributed by atoms with E-state index in [1.807, 2.05) is 23.6 Å². The van der Waals surface area contributed by atoms with E-state index in [1.54, 1.807) is 24.4 Å². The summed E-state index contributed by atoms with van der Waals surface area (Å²) in [6, 6.07) is 11.7. The molecule has 124 valence electrons. The van der Waals surface area contributed by atoms with Crippen LogP contribution >= 0.6 is 11.6 Å². The molecular formula is C19H17ClFNO2. The Labute approximate surface area is 143 Å². The maximum atomic E-state index is 14.1. The smallest absolute Gasteiger partial charge is 0.189 e. The van der Waals surface area contributed by atoms with Gasteiger partial charge in [0, 0.05) is 24.1 Å². The van der Waals surface area contributed by atoms with E-state index in [2.05, 4.69) is 0 Å². The zero-order valence-electron chi connectivity index (χ0n) is 13.2. The molecule has 0 aliphatic carbocycles. The van der Waals surface area contributed by atoms with Gasteiger partial charge in [0.05, 0.1) is 23.2 Å². The lowest BCUT2D eigenvalue weighted by Crippen LogP contribution is -2.14.